The van der Waals surface area contributed by atoms with Gasteiger partial charge in [-0.15, -0.1) is 0 Å². The highest BCUT2D eigenvalue weighted by Gasteiger charge is 2.14. The van der Waals surface area contributed by atoms with Crippen LogP contribution in [-0.4, -0.2) is 42.1 Å². The molecule has 0 spiro atoms. The predicted octanol–water partition coefficient (Wildman–Crippen LogP) is 2.46. The van der Waals surface area contributed by atoms with Gasteiger partial charge in [0, 0.05) is 24.7 Å². The summed E-state index contributed by atoms with van der Waals surface area (Å²) in [6.07, 6.45) is 3.63. The number of anilines is 1. The van der Waals surface area contributed by atoms with Crippen LogP contribution in [0.1, 0.15) is 41.0 Å². The fourth-order valence-corrected chi connectivity index (χ4v) is 3.00. The molecule has 1 saturated heterocycles. The Balaban J connectivity index is 1.50. The number of aryl methyl sites for hydroxylation is 1. The van der Waals surface area contributed by atoms with E-state index in [9.17, 15) is 4.79 Å². The van der Waals surface area contributed by atoms with E-state index in [1.807, 2.05) is 19.1 Å². The second-order valence-electron chi connectivity index (χ2n) is 6.45. The molecule has 0 radical (unpaired) electrons. The van der Waals surface area contributed by atoms with Crippen molar-refractivity contribution < 1.29 is 9.53 Å². The van der Waals surface area contributed by atoms with Crippen LogP contribution in [0.2, 0.25) is 0 Å². The van der Waals surface area contributed by atoms with Gasteiger partial charge in [-0.05, 0) is 50.5 Å². The number of piperidine rings is 1. The Kier molecular flexibility index (Phi) is 6.21. The van der Waals surface area contributed by atoms with E-state index in [0.717, 1.165) is 18.9 Å². The van der Waals surface area contributed by atoms with Crippen molar-refractivity contribution in [3.05, 3.63) is 47.3 Å². The maximum absolute atomic E-state index is 12.1. The van der Waals surface area contributed by atoms with Crippen molar-refractivity contribution in [1.82, 2.24) is 15.3 Å². The maximum atomic E-state index is 12.1. The van der Waals surface area contributed by atoms with Gasteiger partial charge in [-0.3, -0.25) is 4.79 Å². The third kappa shape index (κ3) is 5.17. The van der Waals surface area contributed by atoms with Crippen LogP contribution < -0.4 is 15.0 Å². The first-order valence-corrected chi connectivity index (χ1v) is 9.17. The Morgan fingerprint density at radius 3 is 2.67 bits per heavy atom. The number of carbonyl (C=O) groups is 1. The second kappa shape index (κ2) is 8.99. The van der Waals surface area contributed by atoms with E-state index < -0.39 is 0 Å². The third-order valence-electron chi connectivity index (χ3n) is 4.39. The van der Waals surface area contributed by atoms with Gasteiger partial charge in [0.15, 0.2) is 0 Å². The lowest BCUT2D eigenvalue weighted by Gasteiger charge is -2.28. The monoisotopic (exact) mass is 365 g/mol. The second-order valence-corrected chi connectivity index (χ2v) is 6.45. The number of hydrogen-bond acceptors (Lipinski definition) is 6. The molecule has 7 heteroatoms. The lowest BCUT2D eigenvalue weighted by molar-refractivity contribution is 0.0946. The fraction of sp³-hybridized carbons (Fsp3) is 0.400. The molecule has 3 rings (SSSR count). The number of amides is 1. The summed E-state index contributed by atoms with van der Waals surface area (Å²) in [4.78, 5) is 23.2. The van der Waals surface area contributed by atoms with Crippen molar-refractivity contribution in [1.29, 1.82) is 5.26 Å². The highest BCUT2D eigenvalue weighted by molar-refractivity contribution is 5.94. The zero-order valence-electron chi connectivity index (χ0n) is 15.4. The minimum Gasteiger partial charge on any atom is -0.476 e. The molecular formula is C20H23N5O2. The van der Waals surface area contributed by atoms with Crippen molar-refractivity contribution >= 4 is 11.7 Å². The molecule has 140 valence electrons. The molecule has 27 heavy (non-hydrogen) atoms. The van der Waals surface area contributed by atoms with Crippen molar-refractivity contribution in [3.63, 3.8) is 0 Å². The zero-order valence-corrected chi connectivity index (χ0v) is 15.4. The van der Waals surface area contributed by atoms with Gasteiger partial charge in [-0.25, -0.2) is 4.98 Å². The summed E-state index contributed by atoms with van der Waals surface area (Å²) in [6.45, 7) is 4.55. The van der Waals surface area contributed by atoms with Gasteiger partial charge >= 0.3 is 0 Å². The van der Waals surface area contributed by atoms with Crippen molar-refractivity contribution in [3.8, 4) is 11.9 Å². The van der Waals surface area contributed by atoms with Gasteiger partial charge in [0.1, 0.15) is 18.2 Å². The normalized spacial score (nSPS) is 13.7. The van der Waals surface area contributed by atoms with E-state index in [2.05, 4.69) is 20.2 Å². The third-order valence-corrected chi connectivity index (χ3v) is 4.39. The SMILES string of the molecule is Cc1nc(OCCNC(=O)c2ccc(C#N)cc2)cc(N2CCCCC2)n1. The predicted molar refractivity (Wildman–Crippen MR) is 102 cm³/mol. The lowest BCUT2D eigenvalue weighted by atomic mass is 10.1. The first-order valence-electron chi connectivity index (χ1n) is 9.17. The molecule has 0 unspecified atom stereocenters. The summed E-state index contributed by atoms with van der Waals surface area (Å²) in [5, 5.41) is 11.6. The van der Waals surface area contributed by atoms with Crippen LogP contribution in [0.5, 0.6) is 5.88 Å². The van der Waals surface area contributed by atoms with Gasteiger partial charge < -0.3 is 15.0 Å². The Morgan fingerprint density at radius 2 is 1.96 bits per heavy atom. The Labute approximate surface area is 159 Å². The van der Waals surface area contributed by atoms with Crippen LogP contribution >= 0.6 is 0 Å². The first kappa shape index (κ1) is 18.6. The molecule has 2 heterocycles. The summed E-state index contributed by atoms with van der Waals surface area (Å²) in [5.41, 5.74) is 1.04. The number of nitrogens with zero attached hydrogens (tertiary/aromatic N) is 4. The molecule has 0 saturated carbocycles. The number of nitrogens with one attached hydrogen (secondary N) is 1. The van der Waals surface area contributed by atoms with Crippen LogP contribution in [0.3, 0.4) is 0 Å². The quantitative estimate of drug-likeness (QED) is 0.791. The van der Waals surface area contributed by atoms with Crippen molar-refractivity contribution in [2.24, 2.45) is 0 Å². The van der Waals surface area contributed by atoms with Gasteiger partial charge in [-0.1, -0.05) is 0 Å². The number of nitriles is 1. The molecule has 1 aromatic heterocycles. The van der Waals surface area contributed by atoms with E-state index in [1.54, 1.807) is 24.3 Å². The van der Waals surface area contributed by atoms with Crippen LogP contribution in [-0.2, 0) is 0 Å². The average molecular weight is 365 g/mol. The number of carbonyl (C=O) groups excluding carboxylic acids is 1. The summed E-state index contributed by atoms with van der Waals surface area (Å²) >= 11 is 0. The number of ether oxygens (including phenoxy) is 1. The maximum Gasteiger partial charge on any atom is 0.251 e. The number of hydrogen-bond donors (Lipinski definition) is 1. The van der Waals surface area contributed by atoms with Crippen LogP contribution in [0.15, 0.2) is 30.3 Å². The fourth-order valence-electron chi connectivity index (χ4n) is 3.00. The average Bonchev–Trinajstić information content (AvgIpc) is 2.71. The van der Waals surface area contributed by atoms with E-state index >= 15 is 0 Å². The minimum absolute atomic E-state index is 0.198. The molecule has 1 aliphatic rings. The molecule has 1 aromatic carbocycles. The lowest BCUT2D eigenvalue weighted by Crippen LogP contribution is -2.30. The van der Waals surface area contributed by atoms with Gasteiger partial charge in [0.05, 0.1) is 18.2 Å². The molecule has 1 N–H and O–H groups in total. The number of benzene rings is 1. The number of rotatable bonds is 6. The summed E-state index contributed by atoms with van der Waals surface area (Å²) < 4.78 is 5.71. The van der Waals surface area contributed by atoms with Crippen LogP contribution in [0.25, 0.3) is 0 Å². The standard InChI is InChI=1S/C20H23N5O2/c1-15-23-18(25-10-3-2-4-11-25)13-19(24-15)27-12-9-22-20(26)17-7-5-16(14-21)6-8-17/h5-8,13H,2-4,9-12H2,1H3,(H,22,26). The molecule has 2 aromatic rings. The molecule has 0 bridgehead atoms. The summed E-state index contributed by atoms with van der Waals surface area (Å²) in [6, 6.07) is 10.4. The van der Waals surface area contributed by atoms with Gasteiger partial charge in [-0.2, -0.15) is 10.2 Å². The minimum atomic E-state index is -0.198. The van der Waals surface area contributed by atoms with Gasteiger partial charge in [0.2, 0.25) is 5.88 Å². The van der Waals surface area contributed by atoms with Crippen LogP contribution in [0.4, 0.5) is 5.82 Å². The number of aromatic nitrogens is 2. The van der Waals surface area contributed by atoms with Crippen LogP contribution in [0, 0.1) is 18.3 Å². The Bertz CT molecular complexity index is 823. The largest absolute Gasteiger partial charge is 0.476 e. The molecule has 0 atom stereocenters. The van der Waals surface area contributed by atoms with E-state index in [0.29, 0.717) is 36.0 Å². The Hall–Kier alpha value is -3.14. The first-order chi connectivity index (χ1) is 13.2. The van der Waals surface area contributed by atoms with E-state index in [-0.39, 0.29) is 5.91 Å². The molecular weight excluding hydrogens is 342 g/mol. The zero-order chi connectivity index (χ0) is 19.1. The van der Waals surface area contributed by atoms with Gasteiger partial charge in [0.25, 0.3) is 5.91 Å². The van der Waals surface area contributed by atoms with Crippen molar-refractivity contribution in [2.45, 2.75) is 26.2 Å². The molecule has 1 amide bonds. The van der Waals surface area contributed by atoms with E-state index in [4.69, 9.17) is 10.00 Å². The smallest absolute Gasteiger partial charge is 0.251 e. The van der Waals surface area contributed by atoms with E-state index in [1.165, 1.54) is 19.3 Å². The molecule has 1 aliphatic heterocycles. The molecule has 0 aliphatic carbocycles. The highest BCUT2D eigenvalue weighted by atomic mass is 16.5. The Morgan fingerprint density at radius 1 is 1.22 bits per heavy atom. The topological polar surface area (TPSA) is 91.1 Å². The van der Waals surface area contributed by atoms with Crippen molar-refractivity contribution in [2.75, 3.05) is 31.1 Å². The summed E-state index contributed by atoms with van der Waals surface area (Å²) in [5.74, 6) is 1.90. The molecule has 7 nitrogen and oxygen atoms in total. The highest BCUT2D eigenvalue weighted by Crippen LogP contribution is 2.21. The molecule has 1 fully saturated rings. The summed E-state index contributed by atoms with van der Waals surface area (Å²) in [7, 11) is 0.